The number of halogens is 6. The summed E-state index contributed by atoms with van der Waals surface area (Å²) >= 11 is 0. The smallest absolute Gasteiger partial charge is 0.293 e. The number of alkyl halides is 4. The summed E-state index contributed by atoms with van der Waals surface area (Å²) in [4.78, 5) is 18.8. The fourth-order valence-electron chi connectivity index (χ4n) is 7.38. The Morgan fingerprint density at radius 1 is 1.02 bits per heavy atom. The predicted octanol–water partition coefficient (Wildman–Crippen LogP) is 6.98. The number of nitrogens with zero attached hydrogens (tertiary/aromatic N) is 6. The number of amides is 1. The lowest BCUT2D eigenvalue weighted by Gasteiger charge is -2.34. The van der Waals surface area contributed by atoms with Gasteiger partial charge in [0.2, 0.25) is 21.9 Å². The van der Waals surface area contributed by atoms with Crippen molar-refractivity contribution in [3.05, 3.63) is 93.7 Å². The molecule has 56 heavy (non-hydrogen) atoms. The quantitative estimate of drug-likeness (QED) is 0.115. The number of hydrogen-bond acceptors (Lipinski definition) is 7. The van der Waals surface area contributed by atoms with Crippen molar-refractivity contribution in [3.63, 3.8) is 0 Å². The summed E-state index contributed by atoms with van der Waals surface area (Å²) in [5, 5.41) is 14.8. The van der Waals surface area contributed by atoms with E-state index in [-0.39, 0.29) is 47.0 Å². The molecule has 2 aliphatic carbocycles. The minimum absolute atomic E-state index is 0.0889. The van der Waals surface area contributed by atoms with E-state index in [1.54, 1.807) is 31.2 Å². The van der Waals surface area contributed by atoms with Crippen molar-refractivity contribution >= 4 is 27.5 Å². The predicted molar refractivity (Wildman–Crippen MR) is 193 cm³/mol. The first kappa shape index (κ1) is 38.8. The average Bonchev–Trinajstić information content (AvgIpc) is 3.68. The van der Waals surface area contributed by atoms with E-state index in [9.17, 15) is 30.8 Å². The number of anilines is 1. The first-order valence-corrected chi connectivity index (χ1v) is 19.5. The maximum absolute atomic E-state index is 15.6. The Morgan fingerprint density at radius 3 is 2.34 bits per heavy atom. The van der Waals surface area contributed by atoms with Crippen LogP contribution < -0.4 is 10.0 Å². The first-order valence-electron chi connectivity index (χ1n) is 17.6. The van der Waals surface area contributed by atoms with E-state index in [0.29, 0.717) is 34.0 Å². The van der Waals surface area contributed by atoms with Gasteiger partial charge in [0.25, 0.3) is 12.3 Å². The van der Waals surface area contributed by atoms with Gasteiger partial charge in [-0.15, -0.1) is 10.2 Å². The van der Waals surface area contributed by atoms with Crippen molar-refractivity contribution in [2.45, 2.75) is 77.8 Å². The number of rotatable bonds is 10. The SMILES string of the molecule is Cc1ccc(-c2ccc(C#CC(C)(C)C)nc2C(Cc2cc(F)cc(F)c2)NC(=O)Cn2nc(C(F)F)c3c2C(F)(F)C2CCC32)c2nnc(NS(C)(=O)=O)n12. The van der Waals surface area contributed by atoms with E-state index in [1.807, 2.05) is 20.8 Å². The topological polar surface area (TPSA) is 136 Å². The lowest BCUT2D eigenvalue weighted by molar-refractivity contribution is -0.123. The molecule has 294 valence electrons. The molecular formula is C38H36F6N8O3S. The third-order valence-electron chi connectivity index (χ3n) is 9.78. The minimum Gasteiger partial charge on any atom is -0.346 e. The van der Waals surface area contributed by atoms with Gasteiger partial charge in [0.1, 0.15) is 35.3 Å². The van der Waals surface area contributed by atoms with Crippen LogP contribution in [0.1, 0.15) is 91.6 Å². The second-order valence-corrected chi connectivity index (χ2v) is 16.9. The van der Waals surface area contributed by atoms with Crippen molar-refractivity contribution in [2.24, 2.45) is 11.3 Å². The molecule has 1 aromatic carbocycles. The molecular weight excluding hydrogens is 763 g/mol. The van der Waals surface area contributed by atoms with Crippen molar-refractivity contribution in [1.82, 2.24) is 34.7 Å². The Labute approximate surface area is 318 Å². The maximum atomic E-state index is 15.6. The summed E-state index contributed by atoms with van der Waals surface area (Å²) in [6, 6.07) is 8.11. The number of benzene rings is 1. The maximum Gasteiger partial charge on any atom is 0.293 e. The molecule has 7 rings (SSSR count). The second-order valence-electron chi connectivity index (χ2n) is 15.2. The molecule has 11 nitrogen and oxygen atoms in total. The largest absolute Gasteiger partial charge is 0.346 e. The van der Waals surface area contributed by atoms with Crippen molar-refractivity contribution < 1.29 is 39.6 Å². The fraction of sp³-hybridized carbons (Fsp3) is 0.395. The molecule has 1 saturated carbocycles. The van der Waals surface area contributed by atoms with Gasteiger partial charge in [-0.1, -0.05) is 5.92 Å². The lowest BCUT2D eigenvalue weighted by Crippen LogP contribution is -2.36. The minimum atomic E-state index is -3.78. The molecule has 3 unspecified atom stereocenters. The molecule has 4 aromatic heterocycles. The monoisotopic (exact) mass is 798 g/mol. The zero-order valence-corrected chi connectivity index (χ0v) is 31.6. The first-order chi connectivity index (χ1) is 26.2. The highest BCUT2D eigenvalue weighted by Gasteiger charge is 2.62. The van der Waals surface area contributed by atoms with Crippen LogP contribution in [0.2, 0.25) is 0 Å². The van der Waals surface area contributed by atoms with E-state index >= 15 is 8.78 Å². The Morgan fingerprint density at radius 2 is 1.71 bits per heavy atom. The number of hydrogen-bond donors (Lipinski definition) is 2. The summed E-state index contributed by atoms with van der Waals surface area (Å²) in [5.74, 6) is -2.21. The van der Waals surface area contributed by atoms with E-state index in [2.05, 4.69) is 37.2 Å². The van der Waals surface area contributed by atoms with Gasteiger partial charge < -0.3 is 5.32 Å². The number of sulfonamides is 1. The van der Waals surface area contributed by atoms with Crippen LogP contribution in [0, 0.1) is 41.7 Å². The van der Waals surface area contributed by atoms with E-state index in [4.69, 9.17) is 4.98 Å². The van der Waals surface area contributed by atoms with Crippen LogP contribution >= 0.6 is 0 Å². The summed E-state index contributed by atoms with van der Waals surface area (Å²) < 4.78 is 117. The molecule has 2 N–H and O–H groups in total. The van der Waals surface area contributed by atoms with Gasteiger partial charge in [-0.3, -0.25) is 18.6 Å². The molecule has 1 fully saturated rings. The van der Waals surface area contributed by atoms with Gasteiger partial charge in [-0.25, -0.2) is 31.0 Å². The Bertz CT molecular complexity index is 2550. The van der Waals surface area contributed by atoms with Gasteiger partial charge in [-0.2, -0.15) is 13.9 Å². The Balaban J connectivity index is 1.37. The number of nitrogens with one attached hydrogen (secondary N) is 2. The molecule has 2 aliphatic rings. The van der Waals surface area contributed by atoms with E-state index in [1.165, 1.54) is 4.40 Å². The number of pyridine rings is 2. The zero-order chi connectivity index (χ0) is 40.5. The normalized spacial score (nSPS) is 17.9. The van der Waals surface area contributed by atoms with Crippen LogP contribution in [0.15, 0.2) is 42.5 Å². The Hall–Kier alpha value is -5.44. The van der Waals surface area contributed by atoms with Crippen LogP contribution in [-0.4, -0.2) is 49.9 Å². The van der Waals surface area contributed by atoms with Crippen LogP contribution in [0.5, 0.6) is 0 Å². The Kier molecular flexibility index (Phi) is 9.66. The average molecular weight is 799 g/mol. The molecule has 3 atom stereocenters. The second kappa shape index (κ2) is 13.9. The van der Waals surface area contributed by atoms with E-state index < -0.39 is 81.1 Å². The zero-order valence-electron chi connectivity index (χ0n) is 30.8. The highest BCUT2D eigenvalue weighted by molar-refractivity contribution is 7.92. The third kappa shape index (κ3) is 7.43. The molecule has 18 heteroatoms. The van der Waals surface area contributed by atoms with Gasteiger partial charge in [0.15, 0.2) is 5.65 Å². The van der Waals surface area contributed by atoms with Gasteiger partial charge >= 0.3 is 0 Å². The van der Waals surface area contributed by atoms with Crippen LogP contribution in [-0.2, 0) is 33.7 Å². The number of aromatic nitrogens is 6. The molecule has 4 heterocycles. The summed E-state index contributed by atoms with van der Waals surface area (Å²) in [5.41, 5.74) is -0.349. The summed E-state index contributed by atoms with van der Waals surface area (Å²) in [6.45, 7) is 6.46. The number of fused-ring (bicyclic) bond motifs is 4. The number of carbonyl (C=O) groups is 1. The van der Waals surface area contributed by atoms with Gasteiger partial charge in [0.05, 0.1) is 18.0 Å². The summed E-state index contributed by atoms with van der Waals surface area (Å²) in [7, 11) is -3.78. The van der Waals surface area contributed by atoms with Gasteiger partial charge in [0, 0.05) is 39.8 Å². The molecule has 0 aliphatic heterocycles. The molecule has 0 radical (unpaired) electrons. The number of aryl methyl sites for hydroxylation is 1. The van der Waals surface area contributed by atoms with E-state index in [0.717, 1.165) is 18.4 Å². The fourth-order valence-corrected chi connectivity index (χ4v) is 7.84. The third-order valence-corrected chi connectivity index (χ3v) is 10.3. The molecule has 5 aromatic rings. The molecule has 1 amide bonds. The lowest BCUT2D eigenvalue weighted by atomic mass is 9.73. The van der Waals surface area contributed by atoms with Crippen LogP contribution in [0.25, 0.3) is 16.8 Å². The van der Waals surface area contributed by atoms with Crippen molar-refractivity contribution in [2.75, 3.05) is 11.0 Å². The van der Waals surface area contributed by atoms with Gasteiger partial charge in [-0.05, 0) is 101 Å². The highest BCUT2D eigenvalue weighted by Crippen LogP contribution is 2.63. The summed E-state index contributed by atoms with van der Waals surface area (Å²) in [6.07, 6.45) is -2.05. The highest BCUT2D eigenvalue weighted by atomic mass is 32.2. The van der Waals surface area contributed by atoms with Crippen LogP contribution in [0.3, 0.4) is 0 Å². The number of carbonyl (C=O) groups excluding carboxylic acids is 1. The van der Waals surface area contributed by atoms with Crippen molar-refractivity contribution in [3.8, 4) is 23.0 Å². The molecule has 0 bridgehead atoms. The van der Waals surface area contributed by atoms with Crippen LogP contribution in [0.4, 0.5) is 32.3 Å². The molecule has 0 spiro atoms. The molecule has 0 saturated heterocycles. The standard InChI is InChI=1S/C38H36F6N8O3S/c1-19-6-8-25(35-47-48-36(52(19)35)50-56(5,54)55)24-9-7-23(12-13-37(2,3)4)45-31(24)28(16-20-14-21(39)17-22(40)15-20)46-29(53)18-51-33-30(32(49-51)34(41)42)26-10-11-27(26)38(33,43)44/h6-9,14-15,17,26-28,34H,10-11,16,18H2,1-5H3,(H,46,53)(H,48,50). The van der Waals surface area contributed by atoms with Crippen molar-refractivity contribution in [1.29, 1.82) is 0 Å².